The third-order valence-corrected chi connectivity index (χ3v) is 2.92. The molecule has 0 heterocycles. The van der Waals surface area contributed by atoms with Crippen LogP contribution >= 0.6 is 0 Å². The number of hydrogen-bond donors (Lipinski definition) is 2. The van der Waals surface area contributed by atoms with Crippen LogP contribution in [0.25, 0.3) is 0 Å². The fourth-order valence-electron chi connectivity index (χ4n) is 1.94. The first-order valence-electron chi connectivity index (χ1n) is 5.61. The van der Waals surface area contributed by atoms with Gasteiger partial charge in [-0.15, -0.1) is 0 Å². The van der Waals surface area contributed by atoms with Gasteiger partial charge in [0.05, 0.1) is 6.10 Å². The van der Waals surface area contributed by atoms with E-state index in [1.807, 2.05) is 0 Å². The van der Waals surface area contributed by atoms with Crippen LogP contribution in [0, 0.1) is 11.3 Å². The van der Waals surface area contributed by atoms with Gasteiger partial charge in [-0.05, 0) is 37.0 Å². The molecule has 0 saturated heterocycles. The summed E-state index contributed by atoms with van der Waals surface area (Å²) in [6.07, 6.45) is 4.45. The van der Waals surface area contributed by atoms with Gasteiger partial charge in [-0.25, -0.2) is 0 Å². The first kappa shape index (κ1) is 14.4. The molecule has 0 spiro atoms. The Hall–Kier alpha value is -0.570. The molecule has 1 rings (SSSR count). The number of aliphatic carboxylic acids is 1. The molecule has 0 aromatic carbocycles. The van der Waals surface area contributed by atoms with E-state index in [0.717, 1.165) is 25.7 Å². The lowest BCUT2D eigenvalue weighted by Crippen LogP contribution is -2.27. The van der Waals surface area contributed by atoms with Gasteiger partial charge in [0.1, 0.15) is 0 Å². The zero-order valence-electron chi connectivity index (χ0n) is 10.3. The van der Waals surface area contributed by atoms with Crippen LogP contribution in [0.2, 0.25) is 0 Å². The third kappa shape index (κ3) is 7.37. The van der Waals surface area contributed by atoms with Crippen molar-refractivity contribution in [2.45, 2.75) is 59.5 Å². The first-order valence-corrected chi connectivity index (χ1v) is 5.61. The van der Waals surface area contributed by atoms with Crippen LogP contribution in [0.15, 0.2) is 0 Å². The maximum atomic E-state index is 9.29. The second-order valence-corrected chi connectivity index (χ2v) is 5.39. The van der Waals surface area contributed by atoms with Crippen molar-refractivity contribution in [3.8, 4) is 0 Å². The van der Waals surface area contributed by atoms with E-state index in [1.165, 1.54) is 12.8 Å². The standard InChI is InChI=1S/C10H20O.C2H4O2/c1-10(2,3)8-4-6-9(11)7-5-8;1-2(3)4/h8-9,11H,4-7H2,1-3H3;1H3,(H,3,4)/t8-,9+;. The molecule has 90 valence electrons. The van der Waals surface area contributed by atoms with E-state index in [-0.39, 0.29) is 6.10 Å². The van der Waals surface area contributed by atoms with Gasteiger partial charge < -0.3 is 10.2 Å². The Labute approximate surface area is 92.5 Å². The average Bonchev–Trinajstić information content (AvgIpc) is 2.01. The smallest absolute Gasteiger partial charge is 0.300 e. The summed E-state index contributed by atoms with van der Waals surface area (Å²) in [5, 5.41) is 16.7. The minimum Gasteiger partial charge on any atom is -0.481 e. The topological polar surface area (TPSA) is 57.5 Å². The van der Waals surface area contributed by atoms with Crippen LogP contribution in [-0.2, 0) is 4.79 Å². The van der Waals surface area contributed by atoms with Crippen molar-refractivity contribution in [2.24, 2.45) is 11.3 Å². The molecule has 0 radical (unpaired) electrons. The molecule has 2 N–H and O–H groups in total. The quantitative estimate of drug-likeness (QED) is 0.654. The van der Waals surface area contributed by atoms with E-state index in [1.54, 1.807) is 0 Å². The summed E-state index contributed by atoms with van der Waals surface area (Å²) in [5.41, 5.74) is 0.445. The Morgan fingerprint density at radius 2 is 1.47 bits per heavy atom. The Balaban J connectivity index is 0.000000423. The molecule has 3 heteroatoms. The molecule has 0 atom stereocenters. The summed E-state index contributed by atoms with van der Waals surface area (Å²) in [6, 6.07) is 0. The molecule has 3 nitrogen and oxygen atoms in total. The highest BCUT2D eigenvalue weighted by Gasteiger charge is 2.28. The fourth-order valence-corrected chi connectivity index (χ4v) is 1.94. The van der Waals surface area contributed by atoms with E-state index >= 15 is 0 Å². The van der Waals surface area contributed by atoms with Gasteiger partial charge in [-0.2, -0.15) is 0 Å². The van der Waals surface area contributed by atoms with Crippen LogP contribution in [0.3, 0.4) is 0 Å². The van der Waals surface area contributed by atoms with Crippen LogP contribution in [0.4, 0.5) is 0 Å². The average molecular weight is 216 g/mol. The second-order valence-electron chi connectivity index (χ2n) is 5.39. The number of carbonyl (C=O) groups is 1. The summed E-state index contributed by atoms with van der Waals surface area (Å²) in [7, 11) is 0. The molecule has 1 aliphatic rings. The summed E-state index contributed by atoms with van der Waals surface area (Å²) < 4.78 is 0. The maximum Gasteiger partial charge on any atom is 0.300 e. The van der Waals surface area contributed by atoms with E-state index in [0.29, 0.717) is 5.41 Å². The van der Waals surface area contributed by atoms with Gasteiger partial charge in [0.15, 0.2) is 0 Å². The molecule has 0 aliphatic heterocycles. The van der Waals surface area contributed by atoms with Crippen molar-refractivity contribution in [1.29, 1.82) is 0 Å². The molecule has 0 aromatic heterocycles. The predicted octanol–water partition coefficient (Wildman–Crippen LogP) is 2.67. The van der Waals surface area contributed by atoms with Crippen molar-refractivity contribution in [3.05, 3.63) is 0 Å². The van der Waals surface area contributed by atoms with Crippen molar-refractivity contribution < 1.29 is 15.0 Å². The highest BCUT2D eigenvalue weighted by molar-refractivity contribution is 5.62. The first-order chi connectivity index (χ1) is 6.73. The number of carboxylic acid groups (broad SMARTS) is 1. The molecule has 0 aromatic rings. The lowest BCUT2D eigenvalue weighted by molar-refractivity contribution is -0.134. The third-order valence-electron chi connectivity index (χ3n) is 2.92. The van der Waals surface area contributed by atoms with Gasteiger partial charge in [-0.1, -0.05) is 20.8 Å². The molecule has 1 saturated carbocycles. The predicted molar refractivity (Wildman–Crippen MR) is 60.7 cm³/mol. The monoisotopic (exact) mass is 216 g/mol. The van der Waals surface area contributed by atoms with Gasteiger partial charge in [0.25, 0.3) is 5.97 Å². The largest absolute Gasteiger partial charge is 0.481 e. The second kappa shape index (κ2) is 6.11. The molecule has 15 heavy (non-hydrogen) atoms. The van der Waals surface area contributed by atoms with Crippen molar-refractivity contribution in [2.75, 3.05) is 0 Å². The Kier molecular flexibility index (Phi) is 5.88. The van der Waals surface area contributed by atoms with E-state index in [4.69, 9.17) is 9.90 Å². The molecular weight excluding hydrogens is 192 g/mol. The Morgan fingerprint density at radius 3 is 1.73 bits per heavy atom. The molecule has 1 fully saturated rings. The van der Waals surface area contributed by atoms with Crippen molar-refractivity contribution in [3.63, 3.8) is 0 Å². The van der Waals surface area contributed by atoms with Gasteiger partial charge in [0.2, 0.25) is 0 Å². The molecule has 0 bridgehead atoms. The summed E-state index contributed by atoms with van der Waals surface area (Å²) >= 11 is 0. The van der Waals surface area contributed by atoms with Crippen molar-refractivity contribution >= 4 is 5.97 Å². The van der Waals surface area contributed by atoms with E-state index in [2.05, 4.69) is 20.8 Å². The zero-order valence-corrected chi connectivity index (χ0v) is 10.3. The Morgan fingerprint density at radius 1 is 1.13 bits per heavy atom. The number of hydrogen-bond acceptors (Lipinski definition) is 2. The molecule has 0 unspecified atom stereocenters. The van der Waals surface area contributed by atoms with Crippen LogP contribution in [0.1, 0.15) is 53.4 Å². The molecule has 1 aliphatic carbocycles. The fraction of sp³-hybridized carbons (Fsp3) is 0.917. The number of aliphatic hydroxyl groups excluding tert-OH is 1. The zero-order chi connectivity index (χ0) is 12.1. The highest BCUT2D eigenvalue weighted by Crippen LogP contribution is 2.37. The van der Waals surface area contributed by atoms with Crippen LogP contribution < -0.4 is 0 Å². The maximum absolute atomic E-state index is 9.29. The summed E-state index contributed by atoms with van der Waals surface area (Å²) in [4.78, 5) is 9.00. The lowest BCUT2D eigenvalue weighted by Gasteiger charge is -2.35. The van der Waals surface area contributed by atoms with Crippen molar-refractivity contribution in [1.82, 2.24) is 0 Å². The van der Waals surface area contributed by atoms with Crippen LogP contribution in [0.5, 0.6) is 0 Å². The minimum absolute atomic E-state index is 0.00593. The number of aliphatic hydroxyl groups is 1. The number of carboxylic acids is 1. The van der Waals surface area contributed by atoms with E-state index < -0.39 is 5.97 Å². The summed E-state index contributed by atoms with van der Waals surface area (Å²) in [5.74, 6) is -0.00843. The summed E-state index contributed by atoms with van der Waals surface area (Å²) in [6.45, 7) is 7.99. The SMILES string of the molecule is CC(=O)O.CC(C)(C)[C@H]1CC[C@@H](O)CC1. The van der Waals surface area contributed by atoms with Crippen LogP contribution in [-0.4, -0.2) is 22.3 Å². The van der Waals surface area contributed by atoms with Gasteiger partial charge in [-0.3, -0.25) is 4.79 Å². The lowest BCUT2D eigenvalue weighted by atomic mass is 9.72. The highest BCUT2D eigenvalue weighted by atomic mass is 16.4. The number of rotatable bonds is 0. The van der Waals surface area contributed by atoms with Gasteiger partial charge >= 0.3 is 0 Å². The Bertz CT molecular complexity index is 182. The molecule has 0 amide bonds. The molecular formula is C12H24O3. The van der Waals surface area contributed by atoms with E-state index in [9.17, 15) is 5.11 Å². The minimum atomic E-state index is -0.833. The van der Waals surface area contributed by atoms with Gasteiger partial charge in [0, 0.05) is 6.92 Å². The normalized spacial score (nSPS) is 26.5.